The molecule has 11 heteroatoms. The van der Waals surface area contributed by atoms with Gasteiger partial charge in [0.05, 0.1) is 42.6 Å². The highest BCUT2D eigenvalue weighted by Gasteiger charge is 2.22. The Balaban J connectivity index is 2.06. The molecule has 0 saturated heterocycles. The number of nitrogens with zero attached hydrogens (tertiary/aromatic N) is 5. The maximum absolute atomic E-state index is 12.5. The number of hydrogen-bond donors (Lipinski definition) is 1. The Morgan fingerprint density at radius 2 is 1.71 bits per heavy atom. The molecule has 3 amide bonds. The summed E-state index contributed by atoms with van der Waals surface area (Å²) in [5.74, 6) is -1.93. The number of carbonyl (C=O) groups excluding carboxylic acids is 3. The standard InChI is InChI=1S/C24H22BrClN6O3/c1-17(33)32(20-7-5-19(26)6-8-20)24(35)15-23(34)30-29-16-18-4-9-21(25)22(14-18)31(12-2-10-27)13-3-11-28/h4-9,14,16H,2-3,12-13,15H2,1H3,(H,30,34)/b29-16+. The normalized spacial score (nSPS) is 10.3. The number of halogens is 2. The van der Waals surface area contributed by atoms with Crippen molar-refractivity contribution < 1.29 is 14.4 Å². The summed E-state index contributed by atoms with van der Waals surface area (Å²) < 4.78 is 0.784. The molecule has 0 aliphatic heterocycles. The van der Waals surface area contributed by atoms with E-state index in [4.69, 9.17) is 22.1 Å². The highest BCUT2D eigenvalue weighted by molar-refractivity contribution is 9.10. The van der Waals surface area contributed by atoms with Crippen molar-refractivity contribution in [1.82, 2.24) is 5.43 Å². The molecule has 0 radical (unpaired) electrons. The third kappa shape index (κ3) is 8.53. The maximum atomic E-state index is 12.5. The van der Waals surface area contributed by atoms with Crippen molar-refractivity contribution in [2.24, 2.45) is 5.10 Å². The molecule has 0 spiro atoms. The van der Waals surface area contributed by atoms with Crippen LogP contribution in [0.25, 0.3) is 0 Å². The van der Waals surface area contributed by atoms with E-state index in [1.807, 2.05) is 4.90 Å². The number of nitrogens with one attached hydrogen (secondary N) is 1. The first kappa shape index (κ1) is 27.5. The molecule has 0 aliphatic rings. The lowest BCUT2D eigenvalue weighted by molar-refractivity contribution is -0.129. The van der Waals surface area contributed by atoms with E-state index in [1.165, 1.54) is 25.3 Å². The fourth-order valence-corrected chi connectivity index (χ4v) is 3.72. The first-order valence-corrected chi connectivity index (χ1v) is 11.6. The number of hydrogen-bond acceptors (Lipinski definition) is 7. The van der Waals surface area contributed by atoms with Gasteiger partial charge in [-0.1, -0.05) is 17.7 Å². The van der Waals surface area contributed by atoms with Crippen LogP contribution in [0, 0.1) is 22.7 Å². The molecule has 0 fully saturated rings. The van der Waals surface area contributed by atoms with Crippen molar-refractivity contribution in [3.8, 4) is 12.1 Å². The molecule has 0 saturated carbocycles. The van der Waals surface area contributed by atoms with E-state index in [9.17, 15) is 14.4 Å². The monoisotopic (exact) mass is 556 g/mol. The number of hydrazone groups is 1. The predicted octanol–water partition coefficient (Wildman–Crippen LogP) is 4.16. The van der Waals surface area contributed by atoms with E-state index in [2.05, 4.69) is 38.6 Å². The summed E-state index contributed by atoms with van der Waals surface area (Å²) in [6, 6.07) is 15.7. The Morgan fingerprint density at radius 1 is 1.09 bits per heavy atom. The molecule has 1 N–H and O–H groups in total. The Hall–Kier alpha value is -3.73. The second-order valence-corrected chi connectivity index (χ2v) is 8.50. The van der Waals surface area contributed by atoms with Gasteiger partial charge in [0.2, 0.25) is 17.7 Å². The predicted molar refractivity (Wildman–Crippen MR) is 137 cm³/mol. The van der Waals surface area contributed by atoms with Crippen LogP contribution in [0.1, 0.15) is 31.7 Å². The van der Waals surface area contributed by atoms with Gasteiger partial charge in [0, 0.05) is 29.5 Å². The third-order valence-electron chi connectivity index (χ3n) is 4.66. The van der Waals surface area contributed by atoms with Crippen molar-refractivity contribution in [3.05, 3.63) is 57.5 Å². The van der Waals surface area contributed by atoms with Crippen molar-refractivity contribution in [3.63, 3.8) is 0 Å². The van der Waals surface area contributed by atoms with Gasteiger partial charge in [-0.05, 0) is 57.9 Å². The lowest BCUT2D eigenvalue weighted by Crippen LogP contribution is -2.38. The van der Waals surface area contributed by atoms with Gasteiger partial charge >= 0.3 is 0 Å². The van der Waals surface area contributed by atoms with Crippen LogP contribution in [0.3, 0.4) is 0 Å². The molecular weight excluding hydrogens is 536 g/mol. The molecule has 35 heavy (non-hydrogen) atoms. The molecular formula is C24H22BrClN6O3. The molecule has 0 heterocycles. The van der Waals surface area contributed by atoms with Crippen LogP contribution >= 0.6 is 27.5 Å². The van der Waals surface area contributed by atoms with Crippen LogP contribution in [-0.2, 0) is 14.4 Å². The Morgan fingerprint density at radius 3 is 2.29 bits per heavy atom. The number of benzene rings is 2. The van der Waals surface area contributed by atoms with Gasteiger partial charge in [-0.25, -0.2) is 5.43 Å². The van der Waals surface area contributed by atoms with Crippen LogP contribution < -0.4 is 15.2 Å². The van der Waals surface area contributed by atoms with E-state index in [0.717, 1.165) is 15.1 Å². The summed E-state index contributed by atoms with van der Waals surface area (Å²) in [7, 11) is 0. The molecule has 2 aromatic rings. The zero-order valence-electron chi connectivity index (χ0n) is 18.9. The van der Waals surface area contributed by atoms with E-state index >= 15 is 0 Å². The van der Waals surface area contributed by atoms with Crippen LogP contribution in [0.4, 0.5) is 11.4 Å². The van der Waals surface area contributed by atoms with Crippen molar-refractivity contribution in [2.75, 3.05) is 22.9 Å². The molecule has 2 aromatic carbocycles. The quantitative estimate of drug-likeness (QED) is 0.265. The van der Waals surface area contributed by atoms with Crippen molar-refractivity contribution >= 4 is 62.8 Å². The average Bonchev–Trinajstić information content (AvgIpc) is 2.81. The molecule has 0 unspecified atom stereocenters. The molecule has 2 rings (SSSR count). The first-order chi connectivity index (χ1) is 16.8. The minimum absolute atomic E-state index is 0.299. The molecule has 180 valence electrons. The number of carbonyl (C=O) groups is 3. The highest BCUT2D eigenvalue weighted by Crippen LogP contribution is 2.27. The molecule has 0 aromatic heterocycles. The van der Waals surface area contributed by atoms with E-state index < -0.39 is 24.1 Å². The largest absolute Gasteiger partial charge is 0.369 e. The lowest BCUT2D eigenvalue weighted by Gasteiger charge is -2.24. The number of amides is 3. The van der Waals surface area contributed by atoms with Gasteiger partial charge in [0.15, 0.2) is 0 Å². The summed E-state index contributed by atoms with van der Waals surface area (Å²) in [6.07, 6.45) is 1.43. The number of anilines is 2. The van der Waals surface area contributed by atoms with Gasteiger partial charge < -0.3 is 4.90 Å². The van der Waals surface area contributed by atoms with E-state index in [-0.39, 0.29) is 0 Å². The smallest absolute Gasteiger partial charge is 0.249 e. The second-order valence-electron chi connectivity index (χ2n) is 7.21. The lowest BCUT2D eigenvalue weighted by atomic mass is 10.2. The second kappa shape index (κ2) is 13.9. The third-order valence-corrected chi connectivity index (χ3v) is 5.58. The Bertz CT molecular complexity index is 1170. The van der Waals surface area contributed by atoms with E-state index in [1.54, 1.807) is 30.3 Å². The molecule has 0 atom stereocenters. The summed E-state index contributed by atoms with van der Waals surface area (Å²) in [6.45, 7) is 2.14. The fraction of sp³-hybridized carbons (Fsp3) is 0.250. The number of nitriles is 2. The number of imide groups is 1. The van der Waals surface area contributed by atoms with Crippen LogP contribution in [-0.4, -0.2) is 37.0 Å². The Labute approximate surface area is 216 Å². The van der Waals surface area contributed by atoms with Crippen LogP contribution in [0.5, 0.6) is 0 Å². The molecule has 9 nitrogen and oxygen atoms in total. The van der Waals surface area contributed by atoms with Crippen molar-refractivity contribution in [1.29, 1.82) is 10.5 Å². The van der Waals surface area contributed by atoms with Crippen LogP contribution in [0.2, 0.25) is 5.02 Å². The summed E-state index contributed by atoms with van der Waals surface area (Å²) in [5, 5.41) is 22.2. The van der Waals surface area contributed by atoms with Gasteiger partial charge in [-0.3, -0.25) is 19.3 Å². The van der Waals surface area contributed by atoms with E-state index in [0.29, 0.717) is 42.2 Å². The Kier molecular flexibility index (Phi) is 10.9. The zero-order chi connectivity index (χ0) is 25.8. The molecule has 0 aliphatic carbocycles. The minimum atomic E-state index is -0.705. The summed E-state index contributed by atoms with van der Waals surface area (Å²) in [4.78, 5) is 39.6. The van der Waals surface area contributed by atoms with Gasteiger partial charge in [0.1, 0.15) is 6.42 Å². The first-order valence-electron chi connectivity index (χ1n) is 10.5. The fourth-order valence-electron chi connectivity index (χ4n) is 3.10. The average molecular weight is 558 g/mol. The minimum Gasteiger partial charge on any atom is -0.369 e. The van der Waals surface area contributed by atoms with Crippen LogP contribution in [0.15, 0.2) is 52.0 Å². The SMILES string of the molecule is CC(=O)N(C(=O)CC(=O)N/N=C/c1ccc(Br)c(N(CCC#N)CCC#N)c1)c1ccc(Cl)cc1. The highest BCUT2D eigenvalue weighted by atomic mass is 79.9. The van der Waals surface area contributed by atoms with Gasteiger partial charge in [-0.15, -0.1) is 0 Å². The summed E-state index contributed by atoms with van der Waals surface area (Å²) >= 11 is 9.33. The van der Waals surface area contributed by atoms with Crippen molar-refractivity contribution in [2.45, 2.75) is 26.2 Å². The summed E-state index contributed by atoms with van der Waals surface area (Å²) in [5.41, 5.74) is 4.03. The van der Waals surface area contributed by atoms with Gasteiger partial charge in [0.25, 0.3) is 0 Å². The zero-order valence-corrected chi connectivity index (χ0v) is 21.2. The topological polar surface area (TPSA) is 130 Å². The molecule has 0 bridgehead atoms. The van der Waals surface area contributed by atoms with Gasteiger partial charge in [-0.2, -0.15) is 15.6 Å². The maximum Gasteiger partial charge on any atom is 0.249 e. The number of rotatable bonds is 10.